The van der Waals surface area contributed by atoms with E-state index in [0.717, 1.165) is 31.7 Å². The van der Waals surface area contributed by atoms with Gasteiger partial charge in [0.25, 0.3) is 5.91 Å². The van der Waals surface area contributed by atoms with E-state index in [2.05, 4.69) is 10.2 Å². The Labute approximate surface area is 159 Å². The Balaban J connectivity index is 1.76. The highest BCUT2D eigenvalue weighted by molar-refractivity contribution is 5.95. The number of methoxy groups -OCH3 is 3. The fourth-order valence-electron chi connectivity index (χ4n) is 3.45. The van der Waals surface area contributed by atoms with Gasteiger partial charge >= 0.3 is 0 Å². The Hall–Kier alpha value is -2.67. The van der Waals surface area contributed by atoms with Crippen LogP contribution in [0.4, 0.5) is 0 Å². The fraction of sp³-hybridized carbons (Fsp3) is 0.450. The lowest BCUT2D eigenvalue weighted by molar-refractivity contribution is 0.0933. The van der Waals surface area contributed by atoms with E-state index in [4.69, 9.17) is 18.6 Å². The number of carbonyl (C=O) groups excluding carboxylic acids is 1. The summed E-state index contributed by atoms with van der Waals surface area (Å²) in [5.74, 6) is 2.02. The van der Waals surface area contributed by atoms with Crippen LogP contribution >= 0.6 is 0 Å². The summed E-state index contributed by atoms with van der Waals surface area (Å²) >= 11 is 0. The summed E-state index contributed by atoms with van der Waals surface area (Å²) < 4.78 is 21.6. The molecule has 0 bridgehead atoms. The Kier molecular flexibility index (Phi) is 6.24. The lowest BCUT2D eigenvalue weighted by Crippen LogP contribution is -2.36. The quantitative estimate of drug-likeness (QED) is 0.766. The zero-order valence-corrected chi connectivity index (χ0v) is 16.0. The number of hydrogen-bond acceptors (Lipinski definition) is 6. The topological polar surface area (TPSA) is 73.2 Å². The van der Waals surface area contributed by atoms with Crippen molar-refractivity contribution in [1.29, 1.82) is 0 Å². The van der Waals surface area contributed by atoms with Gasteiger partial charge in [-0.15, -0.1) is 0 Å². The van der Waals surface area contributed by atoms with Gasteiger partial charge < -0.3 is 23.9 Å². The molecule has 7 nitrogen and oxygen atoms in total. The van der Waals surface area contributed by atoms with Crippen LogP contribution in [0.15, 0.2) is 34.9 Å². The third-order valence-electron chi connectivity index (χ3n) is 4.84. The normalized spacial score (nSPS) is 15.4. The fourth-order valence-corrected chi connectivity index (χ4v) is 3.45. The molecule has 1 aromatic heterocycles. The average molecular weight is 374 g/mol. The SMILES string of the molecule is COc1cc(C(=O)NC[C@H](c2ccco2)N2CCCC2)cc(OC)c1OC. The highest BCUT2D eigenvalue weighted by Gasteiger charge is 2.26. The first-order chi connectivity index (χ1) is 13.2. The largest absolute Gasteiger partial charge is 0.493 e. The number of carbonyl (C=O) groups is 1. The van der Waals surface area contributed by atoms with Crippen LogP contribution in [-0.4, -0.2) is 51.8 Å². The van der Waals surface area contributed by atoms with Crippen LogP contribution < -0.4 is 19.5 Å². The monoisotopic (exact) mass is 374 g/mol. The number of nitrogens with zero attached hydrogens (tertiary/aromatic N) is 1. The number of nitrogens with one attached hydrogen (secondary N) is 1. The summed E-state index contributed by atoms with van der Waals surface area (Å²) in [4.78, 5) is 15.1. The summed E-state index contributed by atoms with van der Waals surface area (Å²) in [6.07, 6.45) is 4.00. The molecular formula is C20H26N2O5. The molecular weight excluding hydrogens is 348 g/mol. The van der Waals surface area contributed by atoms with Crippen LogP contribution in [0.25, 0.3) is 0 Å². The highest BCUT2D eigenvalue weighted by Crippen LogP contribution is 2.38. The van der Waals surface area contributed by atoms with E-state index in [1.54, 1.807) is 18.4 Å². The average Bonchev–Trinajstić information content (AvgIpc) is 3.41. The highest BCUT2D eigenvalue weighted by atomic mass is 16.5. The van der Waals surface area contributed by atoms with Gasteiger partial charge in [0.1, 0.15) is 5.76 Å². The third kappa shape index (κ3) is 4.19. The molecule has 0 unspecified atom stereocenters. The van der Waals surface area contributed by atoms with Crippen molar-refractivity contribution in [2.75, 3.05) is 41.0 Å². The maximum atomic E-state index is 12.8. The molecule has 1 aliphatic heterocycles. The van der Waals surface area contributed by atoms with E-state index in [1.807, 2.05) is 12.1 Å². The van der Waals surface area contributed by atoms with Crippen molar-refractivity contribution in [1.82, 2.24) is 10.2 Å². The first kappa shape index (κ1) is 19.1. The van der Waals surface area contributed by atoms with E-state index in [1.165, 1.54) is 21.3 Å². The number of furan rings is 1. The van der Waals surface area contributed by atoms with Crippen LogP contribution in [0.3, 0.4) is 0 Å². The van der Waals surface area contributed by atoms with Crippen molar-refractivity contribution in [3.63, 3.8) is 0 Å². The van der Waals surface area contributed by atoms with Crippen molar-refractivity contribution >= 4 is 5.91 Å². The summed E-state index contributed by atoms with van der Waals surface area (Å²) in [6.45, 7) is 2.47. The smallest absolute Gasteiger partial charge is 0.251 e. The van der Waals surface area contributed by atoms with E-state index < -0.39 is 0 Å². The van der Waals surface area contributed by atoms with E-state index in [9.17, 15) is 4.79 Å². The number of ether oxygens (including phenoxy) is 3. The molecule has 1 aromatic carbocycles. The second-order valence-corrected chi connectivity index (χ2v) is 6.40. The standard InChI is InChI=1S/C20H26N2O5/c1-24-17-11-14(12-18(25-2)19(17)26-3)20(23)21-13-15(16-7-6-10-27-16)22-8-4-5-9-22/h6-7,10-12,15H,4-5,8-9,13H2,1-3H3,(H,21,23)/t15-/m1/s1. The minimum atomic E-state index is -0.204. The second-order valence-electron chi connectivity index (χ2n) is 6.40. The van der Waals surface area contributed by atoms with Gasteiger partial charge in [-0.25, -0.2) is 0 Å². The minimum absolute atomic E-state index is 0.0217. The molecule has 0 saturated carbocycles. The van der Waals surface area contributed by atoms with Gasteiger partial charge in [0.15, 0.2) is 11.5 Å². The lowest BCUT2D eigenvalue weighted by atomic mass is 10.1. The minimum Gasteiger partial charge on any atom is -0.493 e. The van der Waals surface area contributed by atoms with Gasteiger partial charge in [0.05, 0.1) is 33.6 Å². The summed E-state index contributed by atoms with van der Waals surface area (Å²) in [7, 11) is 4.59. The Morgan fingerprint density at radius 1 is 1.15 bits per heavy atom. The molecule has 1 fully saturated rings. The van der Waals surface area contributed by atoms with Crippen molar-refractivity contribution in [2.45, 2.75) is 18.9 Å². The van der Waals surface area contributed by atoms with Crippen molar-refractivity contribution < 1.29 is 23.4 Å². The zero-order valence-electron chi connectivity index (χ0n) is 16.0. The summed E-state index contributed by atoms with van der Waals surface area (Å²) in [5, 5.41) is 3.01. The maximum Gasteiger partial charge on any atom is 0.251 e. The first-order valence-corrected chi connectivity index (χ1v) is 9.03. The number of benzene rings is 1. The summed E-state index contributed by atoms with van der Waals surface area (Å²) in [6, 6.07) is 7.14. The van der Waals surface area contributed by atoms with Gasteiger partial charge in [-0.3, -0.25) is 9.69 Å². The second kappa shape index (κ2) is 8.81. The van der Waals surface area contributed by atoms with Crippen LogP contribution in [-0.2, 0) is 0 Å². The molecule has 2 aromatic rings. The van der Waals surface area contributed by atoms with Crippen molar-refractivity contribution in [3.05, 3.63) is 41.9 Å². The van der Waals surface area contributed by atoms with Gasteiger partial charge in [-0.05, 0) is 50.2 Å². The van der Waals surface area contributed by atoms with E-state index in [-0.39, 0.29) is 11.9 Å². The van der Waals surface area contributed by atoms with Crippen molar-refractivity contribution in [3.8, 4) is 17.2 Å². The lowest BCUT2D eigenvalue weighted by Gasteiger charge is -2.26. The number of likely N-dealkylation sites (tertiary alicyclic amines) is 1. The molecule has 1 aliphatic rings. The van der Waals surface area contributed by atoms with Crippen LogP contribution in [0.2, 0.25) is 0 Å². The Morgan fingerprint density at radius 3 is 2.33 bits per heavy atom. The molecule has 3 rings (SSSR count). The molecule has 2 heterocycles. The van der Waals surface area contributed by atoms with Gasteiger partial charge in [0, 0.05) is 12.1 Å². The van der Waals surface area contributed by atoms with Crippen LogP contribution in [0, 0.1) is 0 Å². The molecule has 0 radical (unpaired) electrons. The number of amides is 1. The van der Waals surface area contributed by atoms with E-state index >= 15 is 0 Å². The van der Waals surface area contributed by atoms with Gasteiger partial charge in [0.2, 0.25) is 5.75 Å². The predicted molar refractivity (Wildman–Crippen MR) is 101 cm³/mol. The van der Waals surface area contributed by atoms with Gasteiger partial charge in [-0.1, -0.05) is 0 Å². The Morgan fingerprint density at radius 2 is 1.81 bits per heavy atom. The zero-order chi connectivity index (χ0) is 19.2. The van der Waals surface area contributed by atoms with Crippen molar-refractivity contribution in [2.24, 2.45) is 0 Å². The van der Waals surface area contributed by atoms with Gasteiger partial charge in [-0.2, -0.15) is 0 Å². The molecule has 27 heavy (non-hydrogen) atoms. The Bertz CT molecular complexity index is 729. The molecule has 7 heteroatoms. The molecule has 1 amide bonds. The number of hydrogen-bond donors (Lipinski definition) is 1. The van der Waals surface area contributed by atoms with E-state index in [0.29, 0.717) is 29.4 Å². The van der Waals surface area contributed by atoms with Crippen LogP contribution in [0.1, 0.15) is 35.0 Å². The number of rotatable bonds is 8. The maximum absolute atomic E-state index is 12.8. The first-order valence-electron chi connectivity index (χ1n) is 9.03. The predicted octanol–water partition coefficient (Wildman–Crippen LogP) is 2.87. The molecule has 0 spiro atoms. The third-order valence-corrected chi connectivity index (χ3v) is 4.84. The van der Waals surface area contributed by atoms with Crippen LogP contribution in [0.5, 0.6) is 17.2 Å². The summed E-state index contributed by atoms with van der Waals surface area (Å²) in [5.41, 5.74) is 0.448. The molecule has 1 saturated heterocycles. The molecule has 146 valence electrons. The molecule has 1 N–H and O–H groups in total. The molecule has 0 aliphatic carbocycles. The molecule has 1 atom stereocenters.